The second-order valence-electron chi connectivity index (χ2n) is 3.30. The monoisotopic (exact) mass is 152 g/mol. The fourth-order valence-electron chi connectivity index (χ4n) is 1.58. The molecule has 0 N–H and O–H groups in total. The van der Waals surface area contributed by atoms with Crippen LogP contribution in [0.15, 0.2) is 11.6 Å². The van der Waals surface area contributed by atoms with E-state index < -0.39 is 0 Å². The lowest BCUT2D eigenvalue weighted by Crippen LogP contribution is -2.13. The van der Waals surface area contributed by atoms with Crippen molar-refractivity contribution in [1.29, 1.82) is 0 Å². The maximum atomic E-state index is 11.0. The van der Waals surface area contributed by atoms with Gasteiger partial charge in [-0.2, -0.15) is 0 Å². The highest BCUT2D eigenvalue weighted by Crippen LogP contribution is 2.25. The first-order chi connectivity index (χ1) is 5.24. The first-order valence-corrected chi connectivity index (χ1v) is 4.42. The van der Waals surface area contributed by atoms with Gasteiger partial charge in [0.15, 0.2) is 0 Å². The number of allylic oxidation sites excluding steroid dienone is 2. The van der Waals surface area contributed by atoms with Crippen molar-refractivity contribution in [2.45, 2.75) is 39.5 Å². The molecule has 1 heteroatoms. The van der Waals surface area contributed by atoms with Gasteiger partial charge in [-0.25, -0.2) is 0 Å². The first-order valence-electron chi connectivity index (χ1n) is 4.42. The SMILES string of the molecule is CCC1=CCC(C(C)=O)CC1. The van der Waals surface area contributed by atoms with Crippen LogP contribution in [0.1, 0.15) is 39.5 Å². The Hall–Kier alpha value is -0.590. The van der Waals surface area contributed by atoms with Gasteiger partial charge in [-0.15, -0.1) is 0 Å². The van der Waals surface area contributed by atoms with Crippen molar-refractivity contribution in [2.24, 2.45) is 5.92 Å². The Morgan fingerprint density at radius 2 is 2.45 bits per heavy atom. The summed E-state index contributed by atoms with van der Waals surface area (Å²) in [6, 6.07) is 0. The second kappa shape index (κ2) is 3.70. The van der Waals surface area contributed by atoms with E-state index in [0.29, 0.717) is 11.7 Å². The van der Waals surface area contributed by atoms with E-state index in [1.54, 1.807) is 6.92 Å². The quantitative estimate of drug-likeness (QED) is 0.556. The van der Waals surface area contributed by atoms with Gasteiger partial charge in [0, 0.05) is 5.92 Å². The molecule has 0 heterocycles. The van der Waals surface area contributed by atoms with Crippen molar-refractivity contribution in [3.63, 3.8) is 0 Å². The van der Waals surface area contributed by atoms with Crippen molar-refractivity contribution < 1.29 is 4.79 Å². The smallest absolute Gasteiger partial charge is 0.133 e. The lowest BCUT2D eigenvalue weighted by molar-refractivity contribution is -0.120. The maximum absolute atomic E-state index is 11.0. The first kappa shape index (κ1) is 8.51. The lowest BCUT2D eigenvalue weighted by atomic mass is 9.86. The Morgan fingerprint density at radius 3 is 2.82 bits per heavy atom. The van der Waals surface area contributed by atoms with Gasteiger partial charge in [0.05, 0.1) is 0 Å². The van der Waals surface area contributed by atoms with Crippen molar-refractivity contribution in [3.05, 3.63) is 11.6 Å². The van der Waals surface area contributed by atoms with E-state index >= 15 is 0 Å². The number of hydrogen-bond acceptors (Lipinski definition) is 1. The number of carbonyl (C=O) groups excluding carboxylic acids is 1. The summed E-state index contributed by atoms with van der Waals surface area (Å²) in [4.78, 5) is 11.0. The molecule has 0 saturated carbocycles. The molecule has 1 nitrogen and oxygen atoms in total. The molecule has 0 amide bonds. The predicted molar refractivity (Wildman–Crippen MR) is 46.4 cm³/mol. The fraction of sp³-hybridized carbons (Fsp3) is 0.700. The van der Waals surface area contributed by atoms with Crippen LogP contribution in [0.5, 0.6) is 0 Å². The summed E-state index contributed by atoms with van der Waals surface area (Å²) in [6.07, 6.45) is 6.61. The van der Waals surface area contributed by atoms with Gasteiger partial charge >= 0.3 is 0 Å². The van der Waals surface area contributed by atoms with Crippen molar-refractivity contribution in [3.8, 4) is 0 Å². The molecule has 0 spiro atoms. The van der Waals surface area contributed by atoms with E-state index in [1.807, 2.05) is 0 Å². The van der Waals surface area contributed by atoms with Crippen LogP contribution in [0.2, 0.25) is 0 Å². The standard InChI is InChI=1S/C10H16O/c1-3-9-4-6-10(7-5-9)8(2)11/h4,10H,3,5-7H2,1-2H3. The number of carbonyl (C=O) groups is 1. The molecule has 0 fully saturated rings. The number of ketones is 1. The third-order valence-electron chi connectivity index (χ3n) is 2.53. The largest absolute Gasteiger partial charge is 0.300 e. The van der Waals surface area contributed by atoms with Crippen molar-refractivity contribution >= 4 is 5.78 Å². The Kier molecular flexibility index (Phi) is 2.86. The minimum Gasteiger partial charge on any atom is -0.300 e. The highest BCUT2D eigenvalue weighted by molar-refractivity contribution is 5.78. The molecule has 62 valence electrons. The molecule has 0 radical (unpaired) electrons. The van der Waals surface area contributed by atoms with E-state index in [0.717, 1.165) is 25.7 Å². The molecule has 1 rings (SSSR count). The summed E-state index contributed by atoms with van der Waals surface area (Å²) < 4.78 is 0. The molecule has 11 heavy (non-hydrogen) atoms. The Morgan fingerprint density at radius 1 is 1.73 bits per heavy atom. The van der Waals surface area contributed by atoms with Gasteiger partial charge in [-0.05, 0) is 32.6 Å². The molecule has 1 aliphatic carbocycles. The zero-order valence-corrected chi connectivity index (χ0v) is 7.39. The molecule has 1 unspecified atom stereocenters. The molecular weight excluding hydrogens is 136 g/mol. The van der Waals surface area contributed by atoms with Gasteiger partial charge in [-0.1, -0.05) is 18.6 Å². The van der Waals surface area contributed by atoms with Crippen LogP contribution >= 0.6 is 0 Å². The van der Waals surface area contributed by atoms with Gasteiger partial charge in [0.1, 0.15) is 5.78 Å². The summed E-state index contributed by atoms with van der Waals surface area (Å²) in [6.45, 7) is 3.88. The van der Waals surface area contributed by atoms with E-state index in [2.05, 4.69) is 13.0 Å². The van der Waals surface area contributed by atoms with Crippen LogP contribution in [0.25, 0.3) is 0 Å². The second-order valence-corrected chi connectivity index (χ2v) is 3.30. The summed E-state index contributed by atoms with van der Waals surface area (Å²) in [7, 11) is 0. The minimum absolute atomic E-state index is 0.324. The molecular formula is C10H16O. The fourth-order valence-corrected chi connectivity index (χ4v) is 1.58. The van der Waals surface area contributed by atoms with Crippen LogP contribution in [0.4, 0.5) is 0 Å². The number of rotatable bonds is 2. The van der Waals surface area contributed by atoms with Gasteiger partial charge in [0.2, 0.25) is 0 Å². The average molecular weight is 152 g/mol. The van der Waals surface area contributed by atoms with E-state index in [4.69, 9.17) is 0 Å². The lowest BCUT2D eigenvalue weighted by Gasteiger charge is -2.18. The maximum Gasteiger partial charge on any atom is 0.133 e. The van der Waals surface area contributed by atoms with Crippen LogP contribution < -0.4 is 0 Å². The Labute approximate surface area is 68.5 Å². The molecule has 0 aromatic rings. The number of hydrogen-bond donors (Lipinski definition) is 0. The normalized spacial score (nSPS) is 24.5. The van der Waals surface area contributed by atoms with Gasteiger partial charge < -0.3 is 0 Å². The van der Waals surface area contributed by atoms with Crippen LogP contribution in [0.3, 0.4) is 0 Å². The topological polar surface area (TPSA) is 17.1 Å². The summed E-state index contributed by atoms with van der Waals surface area (Å²) in [5.41, 5.74) is 1.53. The van der Waals surface area contributed by atoms with E-state index in [9.17, 15) is 4.79 Å². The van der Waals surface area contributed by atoms with Crippen molar-refractivity contribution in [1.82, 2.24) is 0 Å². The van der Waals surface area contributed by atoms with E-state index in [1.165, 1.54) is 5.57 Å². The third-order valence-corrected chi connectivity index (χ3v) is 2.53. The van der Waals surface area contributed by atoms with Crippen LogP contribution in [0, 0.1) is 5.92 Å². The molecule has 0 aromatic heterocycles. The predicted octanol–water partition coefficient (Wildman–Crippen LogP) is 2.71. The van der Waals surface area contributed by atoms with Crippen molar-refractivity contribution in [2.75, 3.05) is 0 Å². The van der Waals surface area contributed by atoms with Gasteiger partial charge in [0.25, 0.3) is 0 Å². The highest BCUT2D eigenvalue weighted by atomic mass is 16.1. The zero-order chi connectivity index (χ0) is 8.27. The molecule has 0 saturated heterocycles. The van der Waals surface area contributed by atoms with Gasteiger partial charge in [-0.3, -0.25) is 4.79 Å². The van der Waals surface area contributed by atoms with E-state index in [-0.39, 0.29) is 0 Å². The minimum atomic E-state index is 0.324. The number of Topliss-reactive ketones (excluding diaryl/α,β-unsaturated/α-hetero) is 1. The molecule has 1 atom stereocenters. The summed E-state index contributed by atoms with van der Waals surface area (Å²) in [5.74, 6) is 0.682. The molecule has 0 bridgehead atoms. The average Bonchev–Trinajstić information content (AvgIpc) is 2.05. The van der Waals surface area contributed by atoms with Crippen LogP contribution in [-0.2, 0) is 4.79 Å². The Bertz CT molecular complexity index is 179. The summed E-state index contributed by atoms with van der Waals surface area (Å²) >= 11 is 0. The molecule has 0 aromatic carbocycles. The molecule has 0 aliphatic heterocycles. The zero-order valence-electron chi connectivity index (χ0n) is 7.39. The highest BCUT2D eigenvalue weighted by Gasteiger charge is 2.16. The summed E-state index contributed by atoms with van der Waals surface area (Å²) in [5, 5.41) is 0. The van der Waals surface area contributed by atoms with Crippen LogP contribution in [-0.4, -0.2) is 5.78 Å². The Balaban J connectivity index is 2.47. The molecule has 1 aliphatic rings. The third kappa shape index (κ3) is 2.18.